The Kier molecular flexibility index (Phi) is 4.96. The highest BCUT2D eigenvalue weighted by atomic mass is 19.4. The Balaban J connectivity index is 1.41. The number of anilines is 1. The largest absolute Gasteiger partial charge is 0.418 e. The highest BCUT2D eigenvalue weighted by Crippen LogP contribution is 2.64. The van der Waals surface area contributed by atoms with Gasteiger partial charge >= 0.3 is 6.18 Å². The number of benzene rings is 1. The zero-order valence-electron chi connectivity index (χ0n) is 19.1. The summed E-state index contributed by atoms with van der Waals surface area (Å²) >= 11 is 0. The molecule has 3 fully saturated rings. The van der Waals surface area contributed by atoms with Crippen molar-refractivity contribution in [3.8, 4) is 0 Å². The number of nitrogens with one attached hydrogen (secondary N) is 1. The highest BCUT2D eigenvalue weighted by molar-refractivity contribution is 5.89. The van der Waals surface area contributed by atoms with Crippen LogP contribution in [0.4, 0.5) is 18.9 Å². The molecule has 3 saturated carbocycles. The number of para-hydroxylation sites is 1. The highest BCUT2D eigenvalue weighted by Gasteiger charge is 2.60. The van der Waals surface area contributed by atoms with Crippen molar-refractivity contribution in [2.24, 2.45) is 28.6 Å². The molecule has 4 aliphatic rings. The molecule has 0 aromatic heterocycles. The van der Waals surface area contributed by atoms with Crippen molar-refractivity contribution >= 4 is 11.6 Å². The first-order chi connectivity index (χ1) is 15.1. The number of halogens is 3. The van der Waals surface area contributed by atoms with Crippen molar-refractivity contribution in [1.29, 1.82) is 0 Å². The molecule has 7 atom stereocenters. The normalized spacial score (nSPS) is 41.1. The van der Waals surface area contributed by atoms with E-state index in [1.54, 1.807) is 18.2 Å². The number of carbonyl (C=O) groups excluding carboxylic acids is 1. The fourth-order valence-electron chi connectivity index (χ4n) is 8.02. The van der Waals surface area contributed by atoms with Gasteiger partial charge in [-0.3, -0.25) is 4.79 Å². The summed E-state index contributed by atoms with van der Waals surface area (Å²) in [6.45, 7) is 4.62. The molecule has 0 spiro atoms. The molecule has 0 radical (unpaired) electrons. The standard InChI is InChI=1S/C26H33F3N2O/c1-24-14-12-18-16(8-11-22-25(18,2)15-13-23(32)31(22)3)17(24)9-10-21(24)30-20-7-5-4-6-19(20)26(27,28)29/h4-7,13,15-18,21-22,30H,8-12,14H2,1-3H3/t16-,17-,18+,21?,22?,24-,25+/m0/s1. The maximum atomic E-state index is 13.6. The third-order valence-corrected chi connectivity index (χ3v) is 9.69. The van der Waals surface area contributed by atoms with Gasteiger partial charge in [0.1, 0.15) is 0 Å². The third-order valence-electron chi connectivity index (χ3n) is 9.69. The van der Waals surface area contributed by atoms with E-state index in [9.17, 15) is 18.0 Å². The number of rotatable bonds is 2. The minimum Gasteiger partial charge on any atom is -0.381 e. The second-order valence-electron chi connectivity index (χ2n) is 11.0. The lowest BCUT2D eigenvalue weighted by Gasteiger charge is -2.60. The molecular formula is C26H33F3N2O. The van der Waals surface area contributed by atoms with Gasteiger partial charge in [0.2, 0.25) is 5.91 Å². The van der Waals surface area contributed by atoms with Gasteiger partial charge in [0.15, 0.2) is 0 Å². The predicted octanol–water partition coefficient (Wildman–Crippen LogP) is 6.13. The fraction of sp³-hybridized carbons (Fsp3) is 0.654. The van der Waals surface area contributed by atoms with Gasteiger partial charge in [-0.25, -0.2) is 0 Å². The first-order valence-corrected chi connectivity index (χ1v) is 11.9. The molecule has 174 valence electrons. The Morgan fingerprint density at radius 2 is 1.78 bits per heavy atom. The number of hydrogen-bond acceptors (Lipinski definition) is 2. The van der Waals surface area contributed by atoms with Crippen molar-refractivity contribution in [1.82, 2.24) is 4.90 Å². The number of hydrogen-bond donors (Lipinski definition) is 1. The molecule has 5 rings (SSSR count). The lowest BCUT2D eigenvalue weighted by molar-refractivity contribution is -0.138. The maximum absolute atomic E-state index is 13.6. The van der Waals surface area contributed by atoms with Gasteiger partial charge in [-0.15, -0.1) is 0 Å². The van der Waals surface area contributed by atoms with E-state index >= 15 is 0 Å². The number of amides is 1. The number of likely N-dealkylation sites (N-methyl/N-ethyl adjacent to an activating group) is 1. The van der Waals surface area contributed by atoms with Crippen LogP contribution in [0.25, 0.3) is 0 Å². The average molecular weight is 447 g/mol. The van der Waals surface area contributed by atoms with Crippen LogP contribution in [0.15, 0.2) is 36.4 Å². The fourth-order valence-corrected chi connectivity index (χ4v) is 8.02. The Morgan fingerprint density at radius 3 is 2.53 bits per heavy atom. The first-order valence-electron chi connectivity index (χ1n) is 11.9. The van der Waals surface area contributed by atoms with Gasteiger partial charge in [-0.05, 0) is 79.9 Å². The lowest BCUT2D eigenvalue weighted by atomic mass is 9.48. The topological polar surface area (TPSA) is 32.3 Å². The van der Waals surface area contributed by atoms with E-state index in [1.165, 1.54) is 12.1 Å². The van der Waals surface area contributed by atoms with E-state index in [0.29, 0.717) is 17.8 Å². The van der Waals surface area contributed by atoms with Crippen LogP contribution in [0.2, 0.25) is 0 Å². The minimum absolute atomic E-state index is 0.0107. The Morgan fingerprint density at radius 1 is 1.03 bits per heavy atom. The summed E-state index contributed by atoms with van der Waals surface area (Å²) in [6, 6.07) is 6.17. The van der Waals surface area contributed by atoms with Crippen LogP contribution in [-0.2, 0) is 11.0 Å². The molecule has 6 heteroatoms. The van der Waals surface area contributed by atoms with Gasteiger partial charge in [-0.1, -0.05) is 32.1 Å². The van der Waals surface area contributed by atoms with Gasteiger partial charge in [0.25, 0.3) is 0 Å². The Bertz CT molecular complexity index is 943. The monoisotopic (exact) mass is 446 g/mol. The van der Waals surface area contributed by atoms with Crippen LogP contribution in [0.5, 0.6) is 0 Å². The van der Waals surface area contributed by atoms with Crippen molar-refractivity contribution in [2.75, 3.05) is 12.4 Å². The van der Waals surface area contributed by atoms with Crippen LogP contribution in [0.1, 0.15) is 57.9 Å². The Labute approximate surface area is 188 Å². The maximum Gasteiger partial charge on any atom is 0.418 e. The van der Waals surface area contributed by atoms with Gasteiger partial charge in [0, 0.05) is 30.2 Å². The zero-order chi connectivity index (χ0) is 22.9. The molecule has 3 nitrogen and oxygen atoms in total. The summed E-state index contributed by atoms with van der Waals surface area (Å²) in [6.07, 6.45) is 5.71. The van der Waals surface area contributed by atoms with Crippen molar-refractivity contribution < 1.29 is 18.0 Å². The Hall–Kier alpha value is -1.98. The van der Waals surface area contributed by atoms with Gasteiger partial charge in [-0.2, -0.15) is 13.2 Å². The summed E-state index contributed by atoms with van der Waals surface area (Å²) in [4.78, 5) is 14.2. The van der Waals surface area contributed by atoms with Crippen LogP contribution in [0.3, 0.4) is 0 Å². The summed E-state index contributed by atoms with van der Waals surface area (Å²) in [5.41, 5.74) is -0.390. The molecule has 1 aliphatic heterocycles. The number of nitrogens with zero attached hydrogens (tertiary/aromatic N) is 1. The summed E-state index contributed by atoms with van der Waals surface area (Å²) in [5.74, 6) is 1.68. The van der Waals surface area contributed by atoms with E-state index in [0.717, 1.165) is 38.5 Å². The number of carbonyl (C=O) groups is 1. The molecule has 0 saturated heterocycles. The summed E-state index contributed by atoms with van der Waals surface area (Å²) < 4.78 is 40.7. The number of fused-ring (bicyclic) bond motifs is 5. The van der Waals surface area contributed by atoms with Crippen molar-refractivity contribution in [3.63, 3.8) is 0 Å². The molecule has 1 amide bonds. The second-order valence-corrected chi connectivity index (χ2v) is 11.0. The first kappa shape index (κ1) is 21.8. The van der Waals surface area contributed by atoms with Crippen molar-refractivity contribution in [3.05, 3.63) is 42.0 Å². The van der Waals surface area contributed by atoms with Crippen molar-refractivity contribution in [2.45, 2.75) is 70.6 Å². The molecule has 32 heavy (non-hydrogen) atoms. The van der Waals surface area contributed by atoms with E-state index in [1.807, 2.05) is 11.9 Å². The SMILES string of the molecule is CN1C(=O)C=C[C@@]2(C)C1CC[C@@H]1[C@H]2CC[C@]2(C)C(Nc3ccccc3C(F)(F)F)CC[C@@H]12. The van der Waals surface area contributed by atoms with E-state index in [2.05, 4.69) is 25.2 Å². The molecule has 0 bridgehead atoms. The molecule has 1 aromatic rings. The minimum atomic E-state index is -4.36. The average Bonchev–Trinajstić information content (AvgIpc) is 3.07. The molecule has 1 N–H and O–H groups in total. The van der Waals surface area contributed by atoms with Crippen LogP contribution >= 0.6 is 0 Å². The van der Waals surface area contributed by atoms with Gasteiger partial charge in [0.05, 0.1) is 5.56 Å². The zero-order valence-corrected chi connectivity index (χ0v) is 19.1. The molecule has 2 unspecified atom stereocenters. The van der Waals surface area contributed by atoms with Crippen LogP contribution in [-0.4, -0.2) is 29.9 Å². The molecule has 3 aliphatic carbocycles. The second kappa shape index (κ2) is 7.26. The molecule has 1 aromatic carbocycles. The molecule has 1 heterocycles. The summed E-state index contributed by atoms with van der Waals surface area (Å²) in [5, 5.41) is 3.34. The van der Waals surface area contributed by atoms with Gasteiger partial charge < -0.3 is 10.2 Å². The van der Waals surface area contributed by atoms with Crippen LogP contribution in [0, 0.1) is 28.6 Å². The smallest absolute Gasteiger partial charge is 0.381 e. The molecular weight excluding hydrogens is 413 g/mol. The predicted molar refractivity (Wildman–Crippen MR) is 119 cm³/mol. The van der Waals surface area contributed by atoms with E-state index in [4.69, 9.17) is 0 Å². The van der Waals surface area contributed by atoms with Crippen LogP contribution < -0.4 is 5.32 Å². The quantitative estimate of drug-likeness (QED) is 0.593. The lowest BCUT2D eigenvalue weighted by Crippen LogP contribution is -2.60. The van der Waals surface area contributed by atoms with E-state index < -0.39 is 11.7 Å². The third kappa shape index (κ3) is 3.12. The summed E-state index contributed by atoms with van der Waals surface area (Å²) in [7, 11) is 1.93. The number of alkyl halides is 3. The van der Waals surface area contributed by atoms with E-state index in [-0.39, 0.29) is 34.5 Å².